The van der Waals surface area contributed by atoms with Crippen molar-refractivity contribution in [1.29, 1.82) is 5.26 Å². The fraction of sp³-hybridized carbons (Fsp3) is 0. The highest BCUT2D eigenvalue weighted by molar-refractivity contribution is 5.82. The van der Waals surface area contributed by atoms with Crippen LogP contribution in [0.1, 0.15) is 5.56 Å². The van der Waals surface area contributed by atoms with Gasteiger partial charge in [0.2, 0.25) is 5.95 Å². The molecule has 0 aliphatic heterocycles. The van der Waals surface area contributed by atoms with Crippen LogP contribution in [-0.4, -0.2) is 9.55 Å². The van der Waals surface area contributed by atoms with Crippen LogP contribution in [0.3, 0.4) is 0 Å². The van der Waals surface area contributed by atoms with Gasteiger partial charge in [0.05, 0.1) is 22.7 Å². The van der Waals surface area contributed by atoms with Gasteiger partial charge in [0.15, 0.2) is 0 Å². The molecule has 1 aromatic heterocycles. The molecule has 0 atom stereocenters. The molecule has 20 heavy (non-hydrogen) atoms. The van der Waals surface area contributed by atoms with Crippen molar-refractivity contribution in [3.63, 3.8) is 0 Å². The molecule has 0 radical (unpaired) electrons. The second-order valence-electron chi connectivity index (χ2n) is 4.19. The lowest BCUT2D eigenvalue weighted by Crippen LogP contribution is -2.05. The lowest BCUT2D eigenvalue weighted by atomic mass is 10.2. The maximum Gasteiger partial charge on any atom is 0.206 e. The molecule has 0 unspecified atom stereocenters. The number of hydrogen-bond acceptors (Lipinski definition) is 3. The number of nitrogen functional groups attached to an aromatic ring is 1. The van der Waals surface area contributed by atoms with E-state index >= 15 is 0 Å². The van der Waals surface area contributed by atoms with E-state index in [0.717, 1.165) is 12.1 Å². The number of nitrogens with zero attached hydrogens (tertiary/aromatic N) is 3. The van der Waals surface area contributed by atoms with Gasteiger partial charge in [0, 0.05) is 0 Å². The smallest absolute Gasteiger partial charge is 0.206 e. The standard InChI is InChI=1S/C14H8F2N4/c15-9-2-1-3-10(16)13(9)20-12-6-8(7-17)4-5-11(12)19-14(20)18/h1-6H,(H2,18,19). The zero-order valence-electron chi connectivity index (χ0n) is 10.1. The largest absolute Gasteiger partial charge is 0.369 e. The van der Waals surface area contributed by atoms with Gasteiger partial charge in [-0.3, -0.25) is 4.57 Å². The number of nitriles is 1. The van der Waals surface area contributed by atoms with E-state index in [1.54, 1.807) is 12.1 Å². The van der Waals surface area contributed by atoms with Crippen LogP contribution in [0, 0.1) is 23.0 Å². The summed E-state index contributed by atoms with van der Waals surface area (Å²) in [5.74, 6) is -1.55. The average molecular weight is 270 g/mol. The number of rotatable bonds is 1. The van der Waals surface area contributed by atoms with Gasteiger partial charge in [-0.25, -0.2) is 13.8 Å². The summed E-state index contributed by atoms with van der Waals surface area (Å²) in [5.41, 5.74) is 6.65. The Morgan fingerprint density at radius 3 is 2.50 bits per heavy atom. The Morgan fingerprint density at radius 2 is 1.85 bits per heavy atom. The molecule has 2 N–H and O–H groups in total. The number of fused-ring (bicyclic) bond motifs is 1. The molecule has 0 aliphatic carbocycles. The number of anilines is 1. The van der Waals surface area contributed by atoms with E-state index in [0.29, 0.717) is 16.6 Å². The summed E-state index contributed by atoms with van der Waals surface area (Å²) in [6.45, 7) is 0. The monoisotopic (exact) mass is 270 g/mol. The van der Waals surface area contributed by atoms with Crippen LogP contribution in [0.4, 0.5) is 14.7 Å². The third-order valence-corrected chi connectivity index (χ3v) is 2.97. The summed E-state index contributed by atoms with van der Waals surface area (Å²) in [5, 5.41) is 8.92. The molecule has 98 valence electrons. The minimum Gasteiger partial charge on any atom is -0.369 e. The number of para-hydroxylation sites is 1. The molecule has 0 amide bonds. The quantitative estimate of drug-likeness (QED) is 0.739. The summed E-state index contributed by atoms with van der Waals surface area (Å²) in [7, 11) is 0. The van der Waals surface area contributed by atoms with E-state index in [1.165, 1.54) is 16.7 Å². The Kier molecular flexibility index (Phi) is 2.61. The van der Waals surface area contributed by atoms with Gasteiger partial charge in [0.1, 0.15) is 17.3 Å². The maximum atomic E-state index is 13.9. The highest BCUT2D eigenvalue weighted by atomic mass is 19.1. The molecule has 4 nitrogen and oxygen atoms in total. The zero-order chi connectivity index (χ0) is 14.3. The number of aromatic nitrogens is 2. The fourth-order valence-corrected chi connectivity index (χ4v) is 2.10. The van der Waals surface area contributed by atoms with E-state index in [1.807, 2.05) is 6.07 Å². The molecule has 6 heteroatoms. The van der Waals surface area contributed by atoms with Crippen LogP contribution in [0.2, 0.25) is 0 Å². The second-order valence-corrected chi connectivity index (χ2v) is 4.19. The van der Waals surface area contributed by atoms with Crippen molar-refractivity contribution in [2.45, 2.75) is 0 Å². The molecule has 0 aliphatic rings. The lowest BCUT2D eigenvalue weighted by Gasteiger charge is -2.08. The normalized spacial score (nSPS) is 10.7. The van der Waals surface area contributed by atoms with Crippen LogP contribution >= 0.6 is 0 Å². The van der Waals surface area contributed by atoms with E-state index in [2.05, 4.69) is 4.98 Å². The van der Waals surface area contributed by atoms with Crippen LogP contribution in [0.25, 0.3) is 16.7 Å². The number of halogens is 2. The second kappa shape index (κ2) is 4.31. The summed E-state index contributed by atoms with van der Waals surface area (Å²) in [4.78, 5) is 4.05. The van der Waals surface area contributed by atoms with Gasteiger partial charge in [-0.2, -0.15) is 5.26 Å². The van der Waals surface area contributed by atoms with Crippen LogP contribution in [-0.2, 0) is 0 Å². The van der Waals surface area contributed by atoms with Crippen LogP contribution in [0.5, 0.6) is 0 Å². The molecule has 0 fully saturated rings. The average Bonchev–Trinajstić information content (AvgIpc) is 2.74. The van der Waals surface area contributed by atoms with Crippen LogP contribution in [0.15, 0.2) is 36.4 Å². The molecule has 1 heterocycles. The first-order chi connectivity index (χ1) is 9.61. The van der Waals surface area contributed by atoms with E-state index in [9.17, 15) is 8.78 Å². The summed E-state index contributed by atoms with van der Waals surface area (Å²) < 4.78 is 29.0. The zero-order valence-corrected chi connectivity index (χ0v) is 10.1. The highest BCUT2D eigenvalue weighted by Crippen LogP contribution is 2.27. The van der Waals surface area contributed by atoms with Gasteiger partial charge < -0.3 is 5.73 Å². The van der Waals surface area contributed by atoms with Gasteiger partial charge in [-0.05, 0) is 30.3 Å². The minimum absolute atomic E-state index is 0.0425. The van der Waals surface area contributed by atoms with Crippen molar-refractivity contribution >= 4 is 17.0 Å². The Labute approximate surface area is 112 Å². The van der Waals surface area contributed by atoms with Crippen molar-refractivity contribution in [3.8, 4) is 11.8 Å². The predicted octanol–water partition coefficient (Wildman–Crippen LogP) is 2.76. The third kappa shape index (κ3) is 1.68. The van der Waals surface area contributed by atoms with Gasteiger partial charge in [-0.15, -0.1) is 0 Å². The van der Waals surface area contributed by atoms with Gasteiger partial charge in [-0.1, -0.05) is 6.07 Å². The van der Waals surface area contributed by atoms with Crippen molar-refractivity contribution in [2.75, 3.05) is 5.73 Å². The van der Waals surface area contributed by atoms with E-state index in [-0.39, 0.29) is 11.6 Å². The molecule has 2 aromatic carbocycles. The molecule has 0 saturated carbocycles. The SMILES string of the molecule is N#Cc1ccc2nc(N)n(-c3c(F)cccc3F)c2c1. The Bertz CT molecular complexity index is 841. The van der Waals surface area contributed by atoms with E-state index in [4.69, 9.17) is 11.0 Å². The maximum absolute atomic E-state index is 13.9. The minimum atomic E-state index is -0.752. The van der Waals surface area contributed by atoms with E-state index < -0.39 is 11.6 Å². The summed E-state index contributed by atoms with van der Waals surface area (Å²) >= 11 is 0. The van der Waals surface area contributed by atoms with Crippen molar-refractivity contribution in [1.82, 2.24) is 9.55 Å². The topological polar surface area (TPSA) is 67.6 Å². The van der Waals surface area contributed by atoms with Gasteiger partial charge >= 0.3 is 0 Å². The number of nitrogens with two attached hydrogens (primary N) is 1. The lowest BCUT2D eigenvalue weighted by molar-refractivity contribution is 0.572. The fourth-order valence-electron chi connectivity index (χ4n) is 2.10. The first-order valence-electron chi connectivity index (χ1n) is 5.74. The molecule has 3 rings (SSSR count). The van der Waals surface area contributed by atoms with Crippen molar-refractivity contribution in [2.24, 2.45) is 0 Å². The number of imidazole rings is 1. The molecule has 0 bridgehead atoms. The Morgan fingerprint density at radius 1 is 1.15 bits per heavy atom. The van der Waals surface area contributed by atoms with Gasteiger partial charge in [0.25, 0.3) is 0 Å². The van der Waals surface area contributed by atoms with Crippen molar-refractivity contribution in [3.05, 3.63) is 53.6 Å². The Hall–Kier alpha value is -2.94. The Balaban J connectivity index is 2.42. The number of benzene rings is 2. The molecule has 3 aromatic rings. The number of hydrogen-bond donors (Lipinski definition) is 1. The molecule has 0 saturated heterocycles. The van der Waals surface area contributed by atoms with Crippen molar-refractivity contribution < 1.29 is 8.78 Å². The molecular weight excluding hydrogens is 262 g/mol. The predicted molar refractivity (Wildman–Crippen MR) is 70.1 cm³/mol. The summed E-state index contributed by atoms with van der Waals surface area (Å²) in [6.07, 6.45) is 0. The first-order valence-corrected chi connectivity index (χ1v) is 5.74. The molecule has 0 spiro atoms. The summed E-state index contributed by atoms with van der Waals surface area (Å²) in [6, 6.07) is 10.1. The third-order valence-electron chi connectivity index (χ3n) is 2.97. The highest BCUT2D eigenvalue weighted by Gasteiger charge is 2.17. The first kappa shape index (κ1) is 12.1. The molecular formula is C14H8F2N4. The van der Waals surface area contributed by atoms with Crippen LogP contribution < -0.4 is 5.73 Å².